The maximum absolute atomic E-state index is 4.93. The van der Waals surface area contributed by atoms with Crippen LogP contribution in [0.25, 0.3) is 0 Å². The molecule has 3 nitrogen and oxygen atoms in total. The first-order valence-electron chi connectivity index (χ1n) is 3.22. The minimum atomic E-state index is 0.368. The molecule has 1 aromatic rings. The van der Waals surface area contributed by atoms with Gasteiger partial charge in [0.15, 0.2) is 0 Å². The molecule has 1 heterocycles. The molecule has 5 heteroatoms. The Bertz CT molecular complexity index is 316. The Labute approximate surface area is 84.3 Å². The molecule has 0 bridgehead atoms. The molecule has 0 radical (unpaired) electrons. The lowest BCUT2D eigenvalue weighted by atomic mass is 10.4. The molecule has 0 aliphatic heterocycles. The number of hydrogen-bond donors (Lipinski definition) is 0. The lowest BCUT2D eigenvalue weighted by molar-refractivity contribution is 0.414. The second-order valence-corrected chi connectivity index (χ2v) is 3.33. The maximum Gasteiger partial charge on any atom is 0.211 e. The molecule has 0 saturated heterocycles. The number of thiocarbonyl (C=S) groups is 1. The molecular weight excluding hydrogens is 240 g/mol. The summed E-state index contributed by atoms with van der Waals surface area (Å²) in [6.07, 6.45) is 1.66. The average Bonchev–Trinajstić information content (AvgIpc) is 2.08. The Kier molecular flexibility index (Phi) is 3.11. The second kappa shape index (κ2) is 3.91. The molecule has 64 valence electrons. The van der Waals surface area contributed by atoms with E-state index in [0.717, 1.165) is 4.47 Å². The van der Waals surface area contributed by atoms with Gasteiger partial charge in [0.2, 0.25) is 5.05 Å². The minimum absolute atomic E-state index is 0.368. The quantitative estimate of drug-likeness (QED) is 0.709. The van der Waals surface area contributed by atoms with Crippen LogP contribution in [0, 0.1) is 6.92 Å². The van der Waals surface area contributed by atoms with Gasteiger partial charge < -0.3 is 4.74 Å². The van der Waals surface area contributed by atoms with E-state index in [1.54, 1.807) is 13.1 Å². The summed E-state index contributed by atoms with van der Waals surface area (Å²) in [7, 11) is 1.52. The lowest BCUT2D eigenvalue weighted by Gasteiger charge is -2.03. The van der Waals surface area contributed by atoms with E-state index >= 15 is 0 Å². The van der Waals surface area contributed by atoms with Gasteiger partial charge in [-0.25, -0.2) is 9.97 Å². The monoisotopic (exact) mass is 246 g/mol. The number of rotatable bonds is 1. The lowest BCUT2D eigenvalue weighted by Crippen LogP contribution is -2.05. The smallest absolute Gasteiger partial charge is 0.211 e. The Morgan fingerprint density at radius 3 is 2.92 bits per heavy atom. The van der Waals surface area contributed by atoms with Crippen LogP contribution in [0.1, 0.15) is 11.5 Å². The number of methoxy groups -OCH3 is 1. The zero-order chi connectivity index (χ0) is 9.14. The molecule has 1 aromatic heterocycles. The fraction of sp³-hybridized carbons (Fsp3) is 0.286. The maximum atomic E-state index is 4.93. The van der Waals surface area contributed by atoms with Crippen LogP contribution in [0.5, 0.6) is 0 Å². The van der Waals surface area contributed by atoms with Crippen molar-refractivity contribution in [2.45, 2.75) is 6.92 Å². The molecule has 0 aromatic carbocycles. The van der Waals surface area contributed by atoms with Gasteiger partial charge in [-0.1, -0.05) is 0 Å². The third-order valence-corrected chi connectivity index (χ3v) is 2.18. The average molecular weight is 247 g/mol. The molecule has 0 N–H and O–H groups in total. The molecule has 0 aliphatic carbocycles. The predicted molar refractivity (Wildman–Crippen MR) is 53.2 cm³/mol. The second-order valence-electron chi connectivity index (χ2n) is 2.11. The van der Waals surface area contributed by atoms with Crippen LogP contribution in [-0.2, 0) is 4.74 Å². The fourth-order valence-electron chi connectivity index (χ4n) is 0.695. The van der Waals surface area contributed by atoms with Crippen molar-refractivity contribution in [2.24, 2.45) is 0 Å². The van der Waals surface area contributed by atoms with E-state index in [1.165, 1.54) is 7.11 Å². The summed E-state index contributed by atoms with van der Waals surface area (Å²) in [5.41, 5.74) is 0.625. The van der Waals surface area contributed by atoms with Gasteiger partial charge in [-0.2, -0.15) is 0 Å². The Morgan fingerprint density at radius 2 is 2.33 bits per heavy atom. The van der Waals surface area contributed by atoms with Crippen molar-refractivity contribution >= 4 is 33.2 Å². The van der Waals surface area contributed by atoms with Crippen LogP contribution in [0.15, 0.2) is 10.7 Å². The van der Waals surface area contributed by atoms with Crippen molar-refractivity contribution in [3.8, 4) is 0 Å². The third kappa shape index (κ3) is 1.98. The number of halogens is 1. The number of nitrogens with zero attached hydrogens (tertiary/aromatic N) is 2. The van der Waals surface area contributed by atoms with Crippen molar-refractivity contribution in [3.05, 3.63) is 22.2 Å². The van der Waals surface area contributed by atoms with Crippen molar-refractivity contribution < 1.29 is 4.74 Å². The van der Waals surface area contributed by atoms with Gasteiger partial charge in [0.1, 0.15) is 11.5 Å². The highest BCUT2D eigenvalue weighted by molar-refractivity contribution is 9.10. The normalized spacial score (nSPS) is 9.58. The third-order valence-electron chi connectivity index (χ3n) is 1.24. The van der Waals surface area contributed by atoms with Gasteiger partial charge in [-0.15, -0.1) is 0 Å². The number of aromatic nitrogens is 2. The van der Waals surface area contributed by atoms with Crippen LogP contribution in [-0.4, -0.2) is 22.1 Å². The summed E-state index contributed by atoms with van der Waals surface area (Å²) in [5, 5.41) is 0.368. The molecule has 0 unspecified atom stereocenters. The first-order valence-corrected chi connectivity index (χ1v) is 4.42. The van der Waals surface area contributed by atoms with Crippen molar-refractivity contribution in [3.63, 3.8) is 0 Å². The van der Waals surface area contributed by atoms with Crippen LogP contribution in [0.3, 0.4) is 0 Å². The van der Waals surface area contributed by atoms with Gasteiger partial charge in [0.05, 0.1) is 11.6 Å². The molecule has 0 fully saturated rings. The molecule has 1 rings (SSSR count). The number of aryl methyl sites for hydroxylation is 1. The van der Waals surface area contributed by atoms with Crippen LogP contribution in [0.2, 0.25) is 0 Å². The summed E-state index contributed by atoms with van der Waals surface area (Å²) in [4.78, 5) is 8.10. The molecule has 0 atom stereocenters. The molecular formula is C7H7BrN2OS. The van der Waals surface area contributed by atoms with E-state index in [9.17, 15) is 0 Å². The van der Waals surface area contributed by atoms with E-state index in [1.807, 2.05) is 0 Å². The van der Waals surface area contributed by atoms with E-state index in [0.29, 0.717) is 16.6 Å². The van der Waals surface area contributed by atoms with Gasteiger partial charge in [0, 0.05) is 6.20 Å². The minimum Gasteiger partial charge on any atom is -0.485 e. The summed E-state index contributed by atoms with van der Waals surface area (Å²) >= 11 is 8.21. The Morgan fingerprint density at radius 1 is 1.67 bits per heavy atom. The molecule has 0 aliphatic rings. The SMILES string of the molecule is COC(=S)c1nc(C)ncc1Br. The fourth-order valence-corrected chi connectivity index (χ4v) is 1.35. The zero-order valence-electron chi connectivity index (χ0n) is 6.67. The Balaban J connectivity index is 3.13. The molecule has 12 heavy (non-hydrogen) atoms. The van der Waals surface area contributed by atoms with Gasteiger partial charge in [-0.05, 0) is 35.1 Å². The highest BCUT2D eigenvalue weighted by Crippen LogP contribution is 2.14. The summed E-state index contributed by atoms with van der Waals surface area (Å²) in [6, 6.07) is 0. The van der Waals surface area contributed by atoms with Crippen LogP contribution >= 0.6 is 28.1 Å². The van der Waals surface area contributed by atoms with Crippen LogP contribution in [0.4, 0.5) is 0 Å². The van der Waals surface area contributed by atoms with Gasteiger partial charge in [-0.3, -0.25) is 0 Å². The zero-order valence-corrected chi connectivity index (χ0v) is 9.07. The largest absolute Gasteiger partial charge is 0.485 e. The summed E-state index contributed by atoms with van der Waals surface area (Å²) in [5.74, 6) is 0.674. The van der Waals surface area contributed by atoms with Gasteiger partial charge in [0.25, 0.3) is 0 Å². The summed E-state index contributed by atoms with van der Waals surface area (Å²) < 4.78 is 5.63. The Hall–Kier alpha value is -0.550. The highest BCUT2D eigenvalue weighted by atomic mass is 79.9. The van der Waals surface area contributed by atoms with Crippen molar-refractivity contribution in [1.82, 2.24) is 9.97 Å². The molecule has 0 amide bonds. The number of hydrogen-bond acceptors (Lipinski definition) is 4. The van der Waals surface area contributed by atoms with E-state index in [-0.39, 0.29) is 0 Å². The predicted octanol–water partition coefficient (Wildman–Crippen LogP) is 1.87. The first-order chi connectivity index (χ1) is 5.65. The molecule has 0 saturated carbocycles. The van der Waals surface area contributed by atoms with E-state index in [4.69, 9.17) is 17.0 Å². The highest BCUT2D eigenvalue weighted by Gasteiger charge is 2.08. The van der Waals surface area contributed by atoms with E-state index < -0.39 is 0 Å². The standard InChI is InChI=1S/C7H7BrN2OS/c1-4-9-3-5(8)6(10-4)7(12)11-2/h3H,1-2H3. The van der Waals surface area contributed by atoms with Crippen molar-refractivity contribution in [2.75, 3.05) is 7.11 Å². The first kappa shape index (κ1) is 9.54. The molecule has 0 spiro atoms. The van der Waals surface area contributed by atoms with Crippen LogP contribution < -0.4 is 0 Å². The van der Waals surface area contributed by atoms with Crippen molar-refractivity contribution in [1.29, 1.82) is 0 Å². The topological polar surface area (TPSA) is 35.0 Å². The van der Waals surface area contributed by atoms with E-state index in [2.05, 4.69) is 25.9 Å². The van der Waals surface area contributed by atoms with Gasteiger partial charge >= 0.3 is 0 Å². The summed E-state index contributed by atoms with van der Waals surface area (Å²) in [6.45, 7) is 1.80. The number of ether oxygens (including phenoxy) is 1.